The molecule has 1 aliphatic carbocycles. The Morgan fingerprint density at radius 1 is 1.30 bits per heavy atom. The third kappa shape index (κ3) is 2.79. The van der Waals surface area contributed by atoms with Gasteiger partial charge in [0.1, 0.15) is 0 Å². The Balaban J connectivity index is 1.67. The van der Waals surface area contributed by atoms with E-state index in [-0.39, 0.29) is 12.2 Å². The molecule has 0 aliphatic heterocycles. The summed E-state index contributed by atoms with van der Waals surface area (Å²) in [7, 11) is 0. The number of Topliss-reactive ketones (excluding diaryl/α,β-unsaturated/α-hetero) is 1. The molecule has 0 bridgehead atoms. The minimum atomic E-state index is 0.0144. The van der Waals surface area contributed by atoms with Crippen molar-refractivity contribution in [1.82, 2.24) is 10.1 Å². The number of hydrogen-bond acceptors (Lipinski definition) is 4. The van der Waals surface area contributed by atoms with E-state index in [1.54, 1.807) is 12.1 Å². The molecule has 4 heteroatoms. The van der Waals surface area contributed by atoms with Crippen LogP contribution >= 0.6 is 0 Å². The number of benzene rings is 1. The van der Waals surface area contributed by atoms with Gasteiger partial charge < -0.3 is 4.52 Å². The van der Waals surface area contributed by atoms with Crippen molar-refractivity contribution in [3.05, 3.63) is 47.6 Å². The lowest BCUT2D eigenvalue weighted by molar-refractivity contribution is 0.0983. The zero-order chi connectivity index (χ0) is 13.9. The van der Waals surface area contributed by atoms with Gasteiger partial charge in [-0.3, -0.25) is 4.79 Å². The van der Waals surface area contributed by atoms with Crippen LogP contribution in [-0.2, 0) is 6.42 Å². The molecule has 2 unspecified atom stereocenters. The molecule has 4 nitrogen and oxygen atoms in total. The van der Waals surface area contributed by atoms with Gasteiger partial charge in [-0.25, -0.2) is 0 Å². The van der Waals surface area contributed by atoms with Crippen molar-refractivity contribution >= 4 is 5.78 Å². The molecule has 0 N–H and O–H groups in total. The summed E-state index contributed by atoms with van der Waals surface area (Å²) in [5.41, 5.74) is 0.682. The van der Waals surface area contributed by atoms with E-state index in [9.17, 15) is 4.79 Å². The van der Waals surface area contributed by atoms with Gasteiger partial charge in [0.2, 0.25) is 5.89 Å². The summed E-state index contributed by atoms with van der Waals surface area (Å²) < 4.78 is 5.22. The van der Waals surface area contributed by atoms with Crippen LogP contribution in [0.3, 0.4) is 0 Å². The lowest BCUT2D eigenvalue weighted by Crippen LogP contribution is -2.04. The third-order valence-corrected chi connectivity index (χ3v) is 3.95. The molecule has 1 aromatic carbocycles. The van der Waals surface area contributed by atoms with Gasteiger partial charge in [-0.2, -0.15) is 4.98 Å². The Labute approximate surface area is 118 Å². The highest BCUT2D eigenvalue weighted by Gasteiger charge is 2.27. The molecule has 0 amide bonds. The summed E-state index contributed by atoms with van der Waals surface area (Å²) in [4.78, 5) is 16.5. The predicted molar refractivity (Wildman–Crippen MR) is 74.5 cm³/mol. The Morgan fingerprint density at radius 3 is 2.80 bits per heavy atom. The number of rotatable bonds is 4. The zero-order valence-corrected chi connectivity index (χ0v) is 11.6. The second-order valence-electron chi connectivity index (χ2n) is 5.63. The second-order valence-corrected chi connectivity index (χ2v) is 5.63. The maximum absolute atomic E-state index is 12.1. The maximum atomic E-state index is 12.1. The largest absolute Gasteiger partial charge is 0.339 e. The number of carbonyl (C=O) groups is 1. The Bertz CT molecular complexity index is 592. The number of ketones is 1. The molecule has 1 heterocycles. The lowest BCUT2D eigenvalue weighted by atomic mass is 10.1. The van der Waals surface area contributed by atoms with E-state index in [2.05, 4.69) is 17.1 Å². The van der Waals surface area contributed by atoms with E-state index in [1.165, 1.54) is 6.42 Å². The van der Waals surface area contributed by atoms with Crippen LogP contribution in [0.25, 0.3) is 0 Å². The van der Waals surface area contributed by atoms with Crippen LogP contribution in [0.15, 0.2) is 34.9 Å². The van der Waals surface area contributed by atoms with Gasteiger partial charge in [0, 0.05) is 11.5 Å². The van der Waals surface area contributed by atoms with Crippen molar-refractivity contribution in [2.45, 2.75) is 38.5 Å². The Hall–Kier alpha value is -1.97. The summed E-state index contributed by atoms with van der Waals surface area (Å²) >= 11 is 0. The molecule has 0 spiro atoms. The molecule has 20 heavy (non-hydrogen) atoms. The van der Waals surface area contributed by atoms with Gasteiger partial charge in [-0.05, 0) is 25.2 Å². The lowest BCUT2D eigenvalue weighted by Gasteiger charge is -2.01. The number of aromatic nitrogens is 2. The molecule has 1 aliphatic rings. The molecule has 1 fully saturated rings. The first-order valence-corrected chi connectivity index (χ1v) is 7.13. The van der Waals surface area contributed by atoms with Crippen molar-refractivity contribution in [2.75, 3.05) is 0 Å². The molecule has 104 valence electrons. The first-order chi connectivity index (χ1) is 9.72. The van der Waals surface area contributed by atoms with Crippen molar-refractivity contribution < 1.29 is 9.32 Å². The van der Waals surface area contributed by atoms with Crippen LogP contribution in [0, 0.1) is 5.92 Å². The van der Waals surface area contributed by atoms with E-state index >= 15 is 0 Å². The Morgan fingerprint density at radius 2 is 2.10 bits per heavy atom. The maximum Gasteiger partial charge on any atom is 0.234 e. The van der Waals surface area contributed by atoms with E-state index in [0.717, 1.165) is 24.6 Å². The molecule has 3 rings (SSSR count). The predicted octanol–water partition coefficient (Wildman–Crippen LogP) is 3.40. The monoisotopic (exact) mass is 270 g/mol. The van der Waals surface area contributed by atoms with Crippen LogP contribution in [0.4, 0.5) is 0 Å². The average Bonchev–Trinajstić information content (AvgIpc) is 3.09. The van der Waals surface area contributed by atoms with Gasteiger partial charge in [-0.15, -0.1) is 0 Å². The van der Waals surface area contributed by atoms with E-state index in [0.29, 0.717) is 17.4 Å². The van der Waals surface area contributed by atoms with Crippen LogP contribution in [0.1, 0.15) is 54.2 Å². The van der Waals surface area contributed by atoms with Crippen molar-refractivity contribution in [3.8, 4) is 0 Å². The fraction of sp³-hybridized carbons (Fsp3) is 0.438. The fourth-order valence-corrected chi connectivity index (χ4v) is 2.81. The summed E-state index contributed by atoms with van der Waals surface area (Å²) in [6.07, 6.45) is 3.63. The van der Waals surface area contributed by atoms with E-state index in [4.69, 9.17) is 4.52 Å². The molecular formula is C16H18N2O2. The first-order valence-electron chi connectivity index (χ1n) is 7.13. The molecule has 0 radical (unpaired) electrons. The van der Waals surface area contributed by atoms with Crippen LogP contribution < -0.4 is 0 Å². The van der Waals surface area contributed by atoms with Crippen LogP contribution in [0.2, 0.25) is 0 Å². The van der Waals surface area contributed by atoms with Gasteiger partial charge >= 0.3 is 0 Å². The quantitative estimate of drug-likeness (QED) is 0.799. The number of carbonyl (C=O) groups excluding carboxylic acids is 1. The molecule has 0 saturated heterocycles. The number of hydrogen-bond donors (Lipinski definition) is 0. The second kappa shape index (κ2) is 5.57. The van der Waals surface area contributed by atoms with Crippen molar-refractivity contribution in [1.29, 1.82) is 0 Å². The number of nitrogens with zero attached hydrogens (tertiary/aromatic N) is 2. The normalized spacial score (nSPS) is 22.1. The van der Waals surface area contributed by atoms with Gasteiger partial charge in [-0.1, -0.05) is 42.4 Å². The van der Waals surface area contributed by atoms with E-state index < -0.39 is 0 Å². The zero-order valence-electron chi connectivity index (χ0n) is 11.6. The molecular weight excluding hydrogens is 252 g/mol. The molecule has 2 atom stereocenters. The molecule has 1 saturated carbocycles. The Kier molecular flexibility index (Phi) is 3.63. The average molecular weight is 270 g/mol. The minimum absolute atomic E-state index is 0.0144. The summed E-state index contributed by atoms with van der Waals surface area (Å²) in [6.45, 7) is 2.25. The summed E-state index contributed by atoms with van der Waals surface area (Å²) in [5.74, 6) is 2.33. The first kappa shape index (κ1) is 13.0. The SMILES string of the molecule is CC1CCC(c2noc(CC(=O)c3ccccc3)n2)C1. The third-order valence-electron chi connectivity index (χ3n) is 3.95. The highest BCUT2D eigenvalue weighted by Crippen LogP contribution is 2.36. The minimum Gasteiger partial charge on any atom is -0.339 e. The summed E-state index contributed by atoms with van der Waals surface area (Å²) in [5, 5.41) is 4.04. The van der Waals surface area contributed by atoms with E-state index in [1.807, 2.05) is 18.2 Å². The van der Waals surface area contributed by atoms with Crippen molar-refractivity contribution in [2.24, 2.45) is 5.92 Å². The van der Waals surface area contributed by atoms with Gasteiger partial charge in [0.05, 0.1) is 6.42 Å². The van der Waals surface area contributed by atoms with Gasteiger partial charge in [0.25, 0.3) is 0 Å². The highest BCUT2D eigenvalue weighted by molar-refractivity contribution is 5.96. The highest BCUT2D eigenvalue weighted by atomic mass is 16.5. The van der Waals surface area contributed by atoms with Gasteiger partial charge in [0.15, 0.2) is 11.6 Å². The van der Waals surface area contributed by atoms with Crippen LogP contribution in [-0.4, -0.2) is 15.9 Å². The summed E-state index contributed by atoms with van der Waals surface area (Å²) in [6, 6.07) is 9.21. The smallest absolute Gasteiger partial charge is 0.234 e. The standard InChI is InChI=1S/C16H18N2O2/c1-11-7-8-13(9-11)16-17-15(20-18-16)10-14(19)12-5-3-2-4-6-12/h2-6,11,13H,7-10H2,1H3. The molecule has 1 aromatic heterocycles. The van der Waals surface area contributed by atoms with Crippen LogP contribution in [0.5, 0.6) is 0 Å². The topological polar surface area (TPSA) is 56.0 Å². The molecule has 2 aromatic rings. The fourth-order valence-electron chi connectivity index (χ4n) is 2.81. The van der Waals surface area contributed by atoms with Crippen molar-refractivity contribution in [3.63, 3.8) is 0 Å².